The lowest BCUT2D eigenvalue weighted by Gasteiger charge is -2.23. The first-order valence-corrected chi connectivity index (χ1v) is 7.56. The summed E-state index contributed by atoms with van der Waals surface area (Å²) in [5, 5.41) is 17.0. The molecule has 5 heteroatoms. The quantitative estimate of drug-likeness (QED) is 0.856. The van der Waals surface area contributed by atoms with E-state index in [1.807, 2.05) is 6.07 Å². The van der Waals surface area contributed by atoms with Gasteiger partial charge in [0.1, 0.15) is 11.2 Å². The average molecular weight is 310 g/mol. The predicted octanol–water partition coefficient (Wildman–Crippen LogP) is 3.98. The van der Waals surface area contributed by atoms with Crippen molar-refractivity contribution in [2.75, 3.05) is 0 Å². The Morgan fingerprint density at radius 1 is 1.43 bits per heavy atom. The van der Waals surface area contributed by atoms with E-state index in [0.717, 1.165) is 32.1 Å². The Morgan fingerprint density at radius 3 is 2.67 bits per heavy atom. The van der Waals surface area contributed by atoms with Crippen LogP contribution < -0.4 is 0 Å². The first-order valence-electron chi connectivity index (χ1n) is 7.12. The Kier molecular flexibility index (Phi) is 5.19. The molecule has 1 saturated carbocycles. The molecule has 2 rings (SSSR count). The van der Waals surface area contributed by atoms with Crippen molar-refractivity contribution < 1.29 is 14.3 Å². The molecule has 0 heterocycles. The van der Waals surface area contributed by atoms with E-state index >= 15 is 0 Å². The van der Waals surface area contributed by atoms with Crippen LogP contribution in [0.2, 0.25) is 0 Å². The number of halogens is 2. The van der Waals surface area contributed by atoms with Gasteiger partial charge in [-0.25, -0.2) is 4.39 Å². The molecule has 0 saturated heterocycles. The SMILES string of the molecule is N#Cc1cc(CC(Cl)C(=O)O)cc(F)c1C1CCCCC1. The van der Waals surface area contributed by atoms with Crippen molar-refractivity contribution in [3.8, 4) is 6.07 Å². The maximum atomic E-state index is 14.4. The molecule has 3 nitrogen and oxygen atoms in total. The fourth-order valence-electron chi connectivity index (χ4n) is 2.98. The second-order valence-electron chi connectivity index (χ2n) is 5.50. The largest absolute Gasteiger partial charge is 0.480 e. The van der Waals surface area contributed by atoms with E-state index in [9.17, 15) is 14.4 Å². The molecule has 1 aliphatic rings. The summed E-state index contributed by atoms with van der Waals surface area (Å²) in [6.45, 7) is 0. The summed E-state index contributed by atoms with van der Waals surface area (Å²) < 4.78 is 14.4. The lowest BCUT2D eigenvalue weighted by molar-refractivity contribution is -0.136. The first-order chi connectivity index (χ1) is 10.0. The zero-order valence-electron chi connectivity index (χ0n) is 11.6. The van der Waals surface area contributed by atoms with Crippen LogP contribution in [0, 0.1) is 17.1 Å². The Labute approximate surface area is 128 Å². The molecule has 0 radical (unpaired) electrons. The van der Waals surface area contributed by atoms with E-state index < -0.39 is 17.2 Å². The molecular formula is C16H17ClFNO2. The lowest BCUT2D eigenvalue weighted by Crippen LogP contribution is -2.17. The smallest absolute Gasteiger partial charge is 0.321 e. The molecule has 0 aliphatic heterocycles. The van der Waals surface area contributed by atoms with Crippen LogP contribution in [0.5, 0.6) is 0 Å². The number of hydrogen-bond acceptors (Lipinski definition) is 2. The minimum Gasteiger partial charge on any atom is -0.480 e. The van der Waals surface area contributed by atoms with Crippen LogP contribution in [0.1, 0.15) is 54.7 Å². The van der Waals surface area contributed by atoms with E-state index in [1.165, 1.54) is 6.07 Å². The molecular weight excluding hydrogens is 293 g/mol. The van der Waals surface area contributed by atoms with Gasteiger partial charge in [0.05, 0.1) is 11.6 Å². The summed E-state index contributed by atoms with van der Waals surface area (Å²) in [6, 6.07) is 4.94. The van der Waals surface area contributed by atoms with Crippen molar-refractivity contribution in [1.29, 1.82) is 5.26 Å². The van der Waals surface area contributed by atoms with Crippen LogP contribution in [-0.4, -0.2) is 16.5 Å². The molecule has 1 fully saturated rings. The number of carboxylic acids is 1. The summed E-state index contributed by atoms with van der Waals surface area (Å²) in [4.78, 5) is 10.8. The summed E-state index contributed by atoms with van der Waals surface area (Å²) >= 11 is 5.68. The fraction of sp³-hybridized carbons (Fsp3) is 0.500. The monoisotopic (exact) mass is 309 g/mol. The maximum Gasteiger partial charge on any atom is 0.321 e. The minimum atomic E-state index is -1.15. The third-order valence-corrected chi connectivity index (χ3v) is 4.35. The zero-order chi connectivity index (χ0) is 15.4. The molecule has 21 heavy (non-hydrogen) atoms. The highest BCUT2D eigenvalue weighted by Crippen LogP contribution is 2.36. The van der Waals surface area contributed by atoms with Gasteiger partial charge in [-0.2, -0.15) is 5.26 Å². The number of alkyl halides is 1. The van der Waals surface area contributed by atoms with Crippen LogP contribution >= 0.6 is 11.6 Å². The minimum absolute atomic E-state index is 0.00738. The van der Waals surface area contributed by atoms with Crippen LogP contribution in [-0.2, 0) is 11.2 Å². The van der Waals surface area contributed by atoms with E-state index in [1.54, 1.807) is 6.07 Å². The van der Waals surface area contributed by atoms with Gasteiger partial charge in [-0.15, -0.1) is 11.6 Å². The van der Waals surface area contributed by atoms with Gasteiger partial charge in [0.25, 0.3) is 0 Å². The molecule has 1 N–H and O–H groups in total. The Morgan fingerprint density at radius 2 is 2.10 bits per heavy atom. The topological polar surface area (TPSA) is 61.1 Å². The fourth-order valence-corrected chi connectivity index (χ4v) is 3.16. The summed E-state index contributed by atoms with van der Waals surface area (Å²) in [5.74, 6) is -1.47. The van der Waals surface area contributed by atoms with E-state index in [-0.39, 0.29) is 12.3 Å². The Hall–Kier alpha value is -1.60. The molecule has 1 aliphatic carbocycles. The van der Waals surface area contributed by atoms with Gasteiger partial charge in [-0.3, -0.25) is 4.79 Å². The highest BCUT2D eigenvalue weighted by atomic mass is 35.5. The third kappa shape index (κ3) is 3.74. The van der Waals surface area contributed by atoms with Crippen molar-refractivity contribution in [3.63, 3.8) is 0 Å². The van der Waals surface area contributed by atoms with Crippen molar-refractivity contribution >= 4 is 17.6 Å². The molecule has 0 aromatic heterocycles. The second kappa shape index (κ2) is 6.91. The number of hydrogen-bond donors (Lipinski definition) is 1. The number of nitrogens with zero attached hydrogens (tertiary/aromatic N) is 1. The van der Waals surface area contributed by atoms with Crippen molar-refractivity contribution in [2.24, 2.45) is 0 Å². The highest BCUT2D eigenvalue weighted by Gasteiger charge is 2.24. The third-order valence-electron chi connectivity index (χ3n) is 4.01. The van der Waals surface area contributed by atoms with Gasteiger partial charge in [0.2, 0.25) is 0 Å². The lowest BCUT2D eigenvalue weighted by atomic mass is 9.81. The van der Waals surface area contributed by atoms with Crippen LogP contribution in [0.4, 0.5) is 4.39 Å². The number of carboxylic acid groups (broad SMARTS) is 1. The second-order valence-corrected chi connectivity index (χ2v) is 6.02. The van der Waals surface area contributed by atoms with Crippen molar-refractivity contribution in [2.45, 2.75) is 49.8 Å². The van der Waals surface area contributed by atoms with Crippen LogP contribution in [0.25, 0.3) is 0 Å². The molecule has 0 bridgehead atoms. The number of nitriles is 1. The van der Waals surface area contributed by atoms with E-state index in [0.29, 0.717) is 16.7 Å². The maximum absolute atomic E-state index is 14.4. The van der Waals surface area contributed by atoms with Crippen molar-refractivity contribution in [3.05, 3.63) is 34.6 Å². The van der Waals surface area contributed by atoms with E-state index in [2.05, 4.69) is 0 Å². The zero-order valence-corrected chi connectivity index (χ0v) is 12.4. The van der Waals surface area contributed by atoms with Crippen LogP contribution in [0.15, 0.2) is 12.1 Å². The molecule has 1 unspecified atom stereocenters. The number of carbonyl (C=O) groups is 1. The van der Waals surface area contributed by atoms with Gasteiger partial charge in [0.15, 0.2) is 0 Å². The van der Waals surface area contributed by atoms with Crippen molar-refractivity contribution in [1.82, 2.24) is 0 Å². The Bertz CT molecular complexity index is 576. The molecule has 1 aromatic rings. The summed E-state index contributed by atoms with van der Waals surface area (Å²) in [5.41, 5.74) is 1.25. The normalized spacial score (nSPS) is 17.2. The molecule has 0 spiro atoms. The number of aliphatic carboxylic acids is 1. The van der Waals surface area contributed by atoms with Gasteiger partial charge in [-0.1, -0.05) is 19.3 Å². The number of rotatable bonds is 4. The van der Waals surface area contributed by atoms with Gasteiger partial charge >= 0.3 is 5.97 Å². The Balaban J connectivity index is 2.31. The summed E-state index contributed by atoms with van der Waals surface area (Å²) in [6.07, 6.45) is 5.08. The van der Waals surface area contributed by atoms with Gasteiger partial charge in [-0.05, 0) is 42.9 Å². The first kappa shape index (κ1) is 15.8. The molecule has 1 atom stereocenters. The van der Waals surface area contributed by atoms with E-state index in [4.69, 9.17) is 16.7 Å². The number of benzene rings is 1. The standard InChI is InChI=1S/C16H17ClFNO2/c17-13(16(20)21)7-10-6-12(9-19)15(14(18)8-10)11-4-2-1-3-5-11/h6,8,11,13H,1-5,7H2,(H,20,21). The predicted molar refractivity (Wildman–Crippen MR) is 77.9 cm³/mol. The van der Waals surface area contributed by atoms with Gasteiger partial charge < -0.3 is 5.11 Å². The molecule has 0 amide bonds. The molecule has 112 valence electrons. The average Bonchev–Trinajstić information content (AvgIpc) is 2.47. The summed E-state index contributed by atoms with van der Waals surface area (Å²) in [7, 11) is 0. The molecule has 1 aromatic carbocycles. The highest BCUT2D eigenvalue weighted by molar-refractivity contribution is 6.29. The van der Waals surface area contributed by atoms with Crippen LogP contribution in [0.3, 0.4) is 0 Å². The van der Waals surface area contributed by atoms with Gasteiger partial charge in [0, 0.05) is 5.56 Å².